The number of hydrogen-bond donors (Lipinski definition) is 5. The molecule has 1 heterocycles. The molecule has 8 heteroatoms. The third-order valence-corrected chi connectivity index (χ3v) is 2.71. The monoisotopic (exact) mass is 263 g/mol. The number of hydrogen-bond acceptors (Lipinski definition) is 7. The summed E-state index contributed by atoms with van der Waals surface area (Å²) in [5, 5.41) is 39.8. The largest absolute Gasteiger partial charge is 0.394 e. The first-order valence-electron chi connectivity index (χ1n) is 5.54. The quantitative estimate of drug-likeness (QED) is 0.257. The Morgan fingerprint density at radius 2 is 1.89 bits per heavy atom. The lowest BCUT2D eigenvalue weighted by Gasteiger charge is -2.39. The van der Waals surface area contributed by atoms with Crippen LogP contribution in [0.4, 0.5) is 0 Å². The van der Waals surface area contributed by atoms with Gasteiger partial charge in [0.15, 0.2) is 6.10 Å². The van der Waals surface area contributed by atoms with Gasteiger partial charge in [-0.1, -0.05) is 0 Å². The minimum atomic E-state index is -1.60. The van der Waals surface area contributed by atoms with Crippen molar-refractivity contribution < 1.29 is 34.8 Å². The molecule has 5 N–H and O–H groups in total. The highest BCUT2D eigenvalue weighted by Gasteiger charge is 2.46. The van der Waals surface area contributed by atoms with Crippen molar-refractivity contribution in [1.82, 2.24) is 5.32 Å². The Morgan fingerprint density at radius 3 is 2.44 bits per heavy atom. The Morgan fingerprint density at radius 1 is 1.22 bits per heavy atom. The Bertz CT molecular complexity index is 296. The summed E-state index contributed by atoms with van der Waals surface area (Å²) in [5.41, 5.74) is 0. The summed E-state index contributed by atoms with van der Waals surface area (Å²) in [4.78, 5) is 21.7. The summed E-state index contributed by atoms with van der Waals surface area (Å²) in [5.74, 6) is -0.714. The number of ether oxygens (including phenoxy) is 1. The highest BCUT2D eigenvalue weighted by Crippen LogP contribution is 2.21. The van der Waals surface area contributed by atoms with Crippen LogP contribution in [0.2, 0.25) is 0 Å². The first-order chi connectivity index (χ1) is 8.52. The maximum Gasteiger partial charge on any atom is 0.251 e. The second-order valence-corrected chi connectivity index (χ2v) is 4.00. The standard InChI is InChI=1S/C10H17NO7/c12-3-1-2-11-10(17)9-8(16)7(15)6(14)5(4-13)18-9/h3,5-9,13-16H,1-2,4H2,(H,11,17)/t5-,6-,7+,8-,9?/m1/s1. The molecule has 0 aromatic heterocycles. The first-order valence-corrected chi connectivity index (χ1v) is 5.54. The normalized spacial score (nSPS) is 36.1. The number of carbonyl (C=O) groups is 2. The summed E-state index contributed by atoms with van der Waals surface area (Å²) >= 11 is 0. The highest BCUT2D eigenvalue weighted by molar-refractivity contribution is 5.81. The molecule has 0 aromatic rings. The van der Waals surface area contributed by atoms with Crippen molar-refractivity contribution in [2.24, 2.45) is 0 Å². The molecule has 1 amide bonds. The molecule has 1 saturated heterocycles. The van der Waals surface area contributed by atoms with Crippen LogP contribution in [0.3, 0.4) is 0 Å². The number of aliphatic hydroxyl groups excluding tert-OH is 4. The molecule has 5 atom stereocenters. The van der Waals surface area contributed by atoms with Gasteiger partial charge in [-0.3, -0.25) is 4.79 Å². The van der Waals surface area contributed by atoms with Gasteiger partial charge in [0.05, 0.1) is 6.61 Å². The van der Waals surface area contributed by atoms with Gasteiger partial charge in [-0.05, 0) is 0 Å². The molecule has 0 bridgehead atoms. The third kappa shape index (κ3) is 3.24. The maximum absolute atomic E-state index is 11.6. The molecule has 0 aliphatic carbocycles. The van der Waals surface area contributed by atoms with E-state index in [1.54, 1.807) is 0 Å². The van der Waals surface area contributed by atoms with E-state index in [4.69, 9.17) is 9.84 Å². The summed E-state index contributed by atoms with van der Waals surface area (Å²) in [6.07, 6.45) is -6.46. The van der Waals surface area contributed by atoms with Crippen LogP contribution in [0.1, 0.15) is 6.42 Å². The molecular weight excluding hydrogens is 246 g/mol. The Hall–Kier alpha value is -1.06. The van der Waals surface area contributed by atoms with Crippen LogP contribution in [0.15, 0.2) is 0 Å². The second kappa shape index (κ2) is 6.76. The predicted molar refractivity (Wildman–Crippen MR) is 57.5 cm³/mol. The zero-order chi connectivity index (χ0) is 13.7. The Labute approximate surface area is 103 Å². The van der Waals surface area contributed by atoms with Gasteiger partial charge < -0.3 is 35.3 Å². The molecule has 0 aromatic carbocycles. The van der Waals surface area contributed by atoms with Crippen LogP contribution in [0.5, 0.6) is 0 Å². The fraction of sp³-hybridized carbons (Fsp3) is 0.800. The molecule has 8 nitrogen and oxygen atoms in total. The molecule has 0 spiro atoms. The molecular formula is C10H17NO7. The van der Waals surface area contributed by atoms with Crippen molar-refractivity contribution >= 4 is 12.2 Å². The van der Waals surface area contributed by atoms with E-state index in [0.717, 1.165) is 0 Å². The van der Waals surface area contributed by atoms with Crippen molar-refractivity contribution in [2.45, 2.75) is 36.9 Å². The number of nitrogens with one attached hydrogen (secondary N) is 1. The average Bonchev–Trinajstić information content (AvgIpc) is 2.36. The van der Waals surface area contributed by atoms with E-state index in [1.807, 2.05) is 0 Å². The van der Waals surface area contributed by atoms with Crippen molar-refractivity contribution in [2.75, 3.05) is 13.2 Å². The Kier molecular flexibility index (Phi) is 5.63. The zero-order valence-corrected chi connectivity index (χ0v) is 9.60. The summed E-state index contributed by atoms with van der Waals surface area (Å²) in [6, 6.07) is 0. The molecule has 0 radical (unpaired) electrons. The lowest BCUT2D eigenvalue weighted by atomic mass is 9.95. The SMILES string of the molecule is O=CCCNC(=O)C1O[C@H](CO)[C@@H](O)[C@H](O)[C@H]1O. The van der Waals surface area contributed by atoms with E-state index in [0.29, 0.717) is 6.29 Å². The number of amides is 1. The van der Waals surface area contributed by atoms with E-state index in [-0.39, 0.29) is 13.0 Å². The fourth-order valence-corrected chi connectivity index (χ4v) is 1.67. The van der Waals surface area contributed by atoms with E-state index in [2.05, 4.69) is 5.32 Å². The van der Waals surface area contributed by atoms with Crippen LogP contribution in [0, 0.1) is 0 Å². The lowest BCUT2D eigenvalue weighted by molar-refractivity contribution is -0.226. The average molecular weight is 263 g/mol. The van der Waals surface area contributed by atoms with E-state index in [9.17, 15) is 24.9 Å². The van der Waals surface area contributed by atoms with Crippen molar-refractivity contribution in [3.05, 3.63) is 0 Å². The molecule has 0 saturated carbocycles. The van der Waals surface area contributed by atoms with Gasteiger partial charge in [0, 0.05) is 13.0 Å². The van der Waals surface area contributed by atoms with E-state index < -0.39 is 43.0 Å². The first kappa shape index (κ1) is 15.0. The van der Waals surface area contributed by atoms with Crippen LogP contribution < -0.4 is 5.32 Å². The summed E-state index contributed by atoms with van der Waals surface area (Å²) in [7, 11) is 0. The number of aliphatic hydroxyl groups is 4. The maximum atomic E-state index is 11.6. The second-order valence-electron chi connectivity index (χ2n) is 4.00. The van der Waals surface area contributed by atoms with Crippen LogP contribution in [0.25, 0.3) is 0 Å². The van der Waals surface area contributed by atoms with Crippen LogP contribution in [-0.4, -0.2) is 76.3 Å². The fourth-order valence-electron chi connectivity index (χ4n) is 1.67. The zero-order valence-electron chi connectivity index (χ0n) is 9.60. The van der Waals surface area contributed by atoms with Gasteiger partial charge in [0.25, 0.3) is 5.91 Å². The summed E-state index contributed by atoms with van der Waals surface area (Å²) in [6.45, 7) is -0.513. The molecule has 1 rings (SSSR count). The molecule has 1 aliphatic rings. The number of aldehydes is 1. The van der Waals surface area contributed by atoms with Gasteiger partial charge in [0.2, 0.25) is 0 Å². The van der Waals surface area contributed by atoms with Gasteiger partial charge >= 0.3 is 0 Å². The van der Waals surface area contributed by atoms with Crippen LogP contribution >= 0.6 is 0 Å². The minimum absolute atomic E-state index is 0.0807. The van der Waals surface area contributed by atoms with Crippen molar-refractivity contribution in [3.8, 4) is 0 Å². The van der Waals surface area contributed by atoms with Gasteiger partial charge in [0.1, 0.15) is 30.7 Å². The third-order valence-electron chi connectivity index (χ3n) is 2.71. The number of carbonyl (C=O) groups excluding carboxylic acids is 2. The predicted octanol–water partition coefficient (Wildman–Crippen LogP) is -3.47. The number of rotatable bonds is 5. The van der Waals surface area contributed by atoms with E-state index >= 15 is 0 Å². The van der Waals surface area contributed by atoms with Gasteiger partial charge in [-0.25, -0.2) is 0 Å². The lowest BCUT2D eigenvalue weighted by Crippen LogP contribution is -2.62. The minimum Gasteiger partial charge on any atom is -0.394 e. The molecule has 18 heavy (non-hydrogen) atoms. The van der Waals surface area contributed by atoms with E-state index in [1.165, 1.54) is 0 Å². The molecule has 1 aliphatic heterocycles. The highest BCUT2D eigenvalue weighted by atomic mass is 16.5. The van der Waals surface area contributed by atoms with Crippen LogP contribution in [-0.2, 0) is 14.3 Å². The summed E-state index contributed by atoms with van der Waals surface area (Å²) < 4.78 is 5.01. The molecule has 1 fully saturated rings. The van der Waals surface area contributed by atoms with Crippen molar-refractivity contribution in [1.29, 1.82) is 0 Å². The smallest absolute Gasteiger partial charge is 0.251 e. The topological polar surface area (TPSA) is 136 Å². The van der Waals surface area contributed by atoms with Gasteiger partial charge in [-0.2, -0.15) is 0 Å². The molecule has 1 unspecified atom stereocenters. The molecule has 104 valence electrons. The van der Waals surface area contributed by atoms with Crippen molar-refractivity contribution in [3.63, 3.8) is 0 Å². The van der Waals surface area contributed by atoms with Gasteiger partial charge in [-0.15, -0.1) is 0 Å². The Balaban J connectivity index is 2.63.